The molecule has 0 unspecified atom stereocenters. The Labute approximate surface area is 110 Å². The third-order valence-corrected chi connectivity index (χ3v) is 2.52. The monoisotopic (exact) mass is 253 g/mol. The Balaban J connectivity index is 2.03. The number of carboxylic acids is 1. The van der Waals surface area contributed by atoms with Crippen LogP contribution in [0.4, 0.5) is 5.82 Å². The fraction of sp³-hybridized carbons (Fsp3) is 0.0714. The lowest BCUT2D eigenvalue weighted by Crippen LogP contribution is -2.05. The SMILES string of the molecule is N#Cc1ccc(CNc2cccc(C(=O)O)n2)cc1. The van der Waals surface area contributed by atoms with Crippen LogP contribution in [0.15, 0.2) is 42.5 Å². The number of pyridine rings is 1. The van der Waals surface area contributed by atoms with Gasteiger partial charge in [-0.3, -0.25) is 0 Å². The molecule has 2 rings (SSSR count). The molecule has 0 saturated carbocycles. The van der Waals surface area contributed by atoms with Crippen LogP contribution in [0.25, 0.3) is 0 Å². The van der Waals surface area contributed by atoms with Crippen LogP contribution in [-0.4, -0.2) is 16.1 Å². The highest BCUT2D eigenvalue weighted by molar-refractivity contribution is 5.85. The minimum absolute atomic E-state index is 0.00447. The second-order valence-electron chi connectivity index (χ2n) is 3.88. The van der Waals surface area contributed by atoms with Crippen LogP contribution in [-0.2, 0) is 6.54 Å². The predicted octanol–water partition coefficient (Wildman–Crippen LogP) is 2.26. The maximum atomic E-state index is 10.8. The third-order valence-electron chi connectivity index (χ3n) is 2.52. The zero-order valence-corrected chi connectivity index (χ0v) is 10.00. The van der Waals surface area contributed by atoms with Crippen molar-refractivity contribution in [3.05, 3.63) is 59.3 Å². The van der Waals surface area contributed by atoms with Gasteiger partial charge < -0.3 is 10.4 Å². The molecule has 0 spiro atoms. The number of carbonyl (C=O) groups is 1. The highest BCUT2D eigenvalue weighted by Crippen LogP contribution is 2.08. The molecule has 94 valence electrons. The molecular weight excluding hydrogens is 242 g/mol. The zero-order valence-electron chi connectivity index (χ0n) is 10.00. The van der Waals surface area contributed by atoms with Gasteiger partial charge in [-0.1, -0.05) is 18.2 Å². The van der Waals surface area contributed by atoms with Crippen molar-refractivity contribution in [3.8, 4) is 6.07 Å². The van der Waals surface area contributed by atoms with Crippen molar-refractivity contribution in [2.24, 2.45) is 0 Å². The van der Waals surface area contributed by atoms with Gasteiger partial charge in [-0.15, -0.1) is 0 Å². The molecule has 0 aliphatic heterocycles. The van der Waals surface area contributed by atoms with Gasteiger partial charge >= 0.3 is 5.97 Å². The first-order valence-corrected chi connectivity index (χ1v) is 5.62. The Bertz CT molecular complexity index is 630. The van der Waals surface area contributed by atoms with E-state index in [1.807, 2.05) is 18.2 Å². The summed E-state index contributed by atoms with van der Waals surface area (Å²) < 4.78 is 0. The van der Waals surface area contributed by atoms with Crippen molar-refractivity contribution in [2.75, 3.05) is 5.32 Å². The summed E-state index contributed by atoms with van der Waals surface area (Å²) in [5.41, 5.74) is 1.60. The van der Waals surface area contributed by atoms with Gasteiger partial charge in [0, 0.05) is 6.54 Å². The number of nitriles is 1. The molecule has 5 nitrogen and oxygen atoms in total. The van der Waals surface area contributed by atoms with E-state index in [0.29, 0.717) is 17.9 Å². The summed E-state index contributed by atoms with van der Waals surface area (Å²) in [4.78, 5) is 14.7. The lowest BCUT2D eigenvalue weighted by Gasteiger charge is -2.06. The number of rotatable bonds is 4. The molecule has 0 amide bonds. The Morgan fingerprint density at radius 2 is 2.00 bits per heavy atom. The maximum Gasteiger partial charge on any atom is 0.354 e. The Kier molecular flexibility index (Phi) is 3.74. The fourth-order valence-corrected chi connectivity index (χ4v) is 1.54. The summed E-state index contributed by atoms with van der Waals surface area (Å²) in [5, 5.41) is 20.6. The zero-order chi connectivity index (χ0) is 13.7. The average molecular weight is 253 g/mol. The van der Waals surface area contributed by atoms with Gasteiger partial charge in [0.1, 0.15) is 5.82 Å². The van der Waals surface area contributed by atoms with E-state index in [4.69, 9.17) is 10.4 Å². The molecule has 1 heterocycles. The van der Waals surface area contributed by atoms with Crippen molar-refractivity contribution in [2.45, 2.75) is 6.54 Å². The molecule has 2 aromatic rings. The number of aromatic nitrogens is 1. The number of hydrogen-bond donors (Lipinski definition) is 2. The molecule has 1 aromatic heterocycles. The molecule has 0 bridgehead atoms. The summed E-state index contributed by atoms with van der Waals surface area (Å²) in [6.07, 6.45) is 0. The summed E-state index contributed by atoms with van der Waals surface area (Å²) >= 11 is 0. The highest BCUT2D eigenvalue weighted by atomic mass is 16.4. The summed E-state index contributed by atoms with van der Waals surface area (Å²) in [7, 11) is 0. The number of nitrogens with one attached hydrogen (secondary N) is 1. The van der Waals surface area contributed by atoms with Gasteiger partial charge in [0.25, 0.3) is 0 Å². The molecule has 0 radical (unpaired) electrons. The average Bonchev–Trinajstić information content (AvgIpc) is 2.46. The number of aromatic carboxylic acids is 1. The van der Waals surface area contributed by atoms with E-state index in [2.05, 4.69) is 10.3 Å². The first-order valence-electron chi connectivity index (χ1n) is 5.62. The van der Waals surface area contributed by atoms with Gasteiger partial charge in [-0.25, -0.2) is 9.78 Å². The van der Waals surface area contributed by atoms with E-state index in [1.54, 1.807) is 24.3 Å². The van der Waals surface area contributed by atoms with E-state index in [0.717, 1.165) is 5.56 Å². The van der Waals surface area contributed by atoms with Gasteiger partial charge in [0.2, 0.25) is 0 Å². The summed E-state index contributed by atoms with van der Waals surface area (Å²) in [6, 6.07) is 14.0. The lowest BCUT2D eigenvalue weighted by molar-refractivity contribution is 0.0690. The largest absolute Gasteiger partial charge is 0.477 e. The smallest absolute Gasteiger partial charge is 0.354 e. The lowest BCUT2D eigenvalue weighted by atomic mass is 10.1. The predicted molar refractivity (Wildman–Crippen MR) is 69.7 cm³/mol. The van der Waals surface area contributed by atoms with Gasteiger partial charge in [0.05, 0.1) is 11.6 Å². The van der Waals surface area contributed by atoms with Crippen molar-refractivity contribution in [1.29, 1.82) is 5.26 Å². The number of benzene rings is 1. The molecule has 0 aliphatic carbocycles. The standard InChI is InChI=1S/C14H11N3O2/c15-8-10-4-6-11(7-5-10)9-16-13-3-1-2-12(17-13)14(18)19/h1-7H,9H2,(H,16,17)(H,18,19). The fourth-order valence-electron chi connectivity index (χ4n) is 1.54. The van der Waals surface area contributed by atoms with Gasteiger partial charge in [0.15, 0.2) is 5.69 Å². The Morgan fingerprint density at radius 1 is 1.26 bits per heavy atom. The van der Waals surface area contributed by atoms with Crippen molar-refractivity contribution in [1.82, 2.24) is 4.98 Å². The quantitative estimate of drug-likeness (QED) is 0.872. The van der Waals surface area contributed by atoms with E-state index in [9.17, 15) is 4.79 Å². The molecule has 5 heteroatoms. The maximum absolute atomic E-state index is 10.8. The number of hydrogen-bond acceptors (Lipinski definition) is 4. The van der Waals surface area contributed by atoms with Crippen LogP contribution in [0.5, 0.6) is 0 Å². The van der Waals surface area contributed by atoms with Crippen LogP contribution >= 0.6 is 0 Å². The minimum Gasteiger partial charge on any atom is -0.477 e. The van der Waals surface area contributed by atoms with Crippen molar-refractivity contribution >= 4 is 11.8 Å². The molecule has 1 aromatic carbocycles. The van der Waals surface area contributed by atoms with Gasteiger partial charge in [-0.05, 0) is 29.8 Å². The second kappa shape index (κ2) is 5.65. The molecule has 0 atom stereocenters. The van der Waals surface area contributed by atoms with E-state index >= 15 is 0 Å². The van der Waals surface area contributed by atoms with E-state index in [-0.39, 0.29) is 5.69 Å². The van der Waals surface area contributed by atoms with E-state index < -0.39 is 5.97 Å². The number of carboxylic acid groups (broad SMARTS) is 1. The molecule has 2 N–H and O–H groups in total. The first-order chi connectivity index (χ1) is 9.19. The van der Waals surface area contributed by atoms with Crippen LogP contribution < -0.4 is 5.32 Å². The number of anilines is 1. The third kappa shape index (κ3) is 3.30. The number of nitrogens with zero attached hydrogens (tertiary/aromatic N) is 2. The van der Waals surface area contributed by atoms with Crippen LogP contribution in [0.2, 0.25) is 0 Å². The molecular formula is C14H11N3O2. The van der Waals surface area contributed by atoms with Crippen LogP contribution in [0.1, 0.15) is 21.6 Å². The molecule has 19 heavy (non-hydrogen) atoms. The normalized spacial score (nSPS) is 9.63. The Hall–Kier alpha value is -2.87. The van der Waals surface area contributed by atoms with Crippen molar-refractivity contribution < 1.29 is 9.90 Å². The van der Waals surface area contributed by atoms with Gasteiger partial charge in [-0.2, -0.15) is 5.26 Å². The molecule has 0 aliphatic rings. The van der Waals surface area contributed by atoms with Crippen LogP contribution in [0.3, 0.4) is 0 Å². The van der Waals surface area contributed by atoms with Crippen LogP contribution in [0, 0.1) is 11.3 Å². The van der Waals surface area contributed by atoms with Crippen molar-refractivity contribution in [3.63, 3.8) is 0 Å². The second-order valence-corrected chi connectivity index (χ2v) is 3.88. The highest BCUT2D eigenvalue weighted by Gasteiger charge is 2.04. The molecule has 0 fully saturated rings. The first kappa shape index (κ1) is 12.6. The topological polar surface area (TPSA) is 86.0 Å². The van der Waals surface area contributed by atoms with E-state index in [1.165, 1.54) is 6.07 Å². The summed E-state index contributed by atoms with van der Waals surface area (Å²) in [5.74, 6) is -0.550. The Morgan fingerprint density at radius 3 is 2.63 bits per heavy atom. The minimum atomic E-state index is -1.05. The molecule has 0 saturated heterocycles. The summed E-state index contributed by atoms with van der Waals surface area (Å²) in [6.45, 7) is 0.516.